The minimum Gasteiger partial charge on any atom is -0.497 e. The van der Waals surface area contributed by atoms with E-state index in [9.17, 15) is 13.2 Å². The summed E-state index contributed by atoms with van der Waals surface area (Å²) in [7, 11) is -2.07. The zero-order chi connectivity index (χ0) is 19.3. The number of nitrogens with one attached hydrogen (secondary N) is 2. The van der Waals surface area contributed by atoms with Crippen molar-refractivity contribution < 1.29 is 17.9 Å². The van der Waals surface area contributed by atoms with Gasteiger partial charge in [-0.2, -0.15) is 0 Å². The Hall–Kier alpha value is -2.58. The summed E-state index contributed by atoms with van der Waals surface area (Å²) >= 11 is 0. The summed E-state index contributed by atoms with van der Waals surface area (Å²) in [6.07, 6.45) is 0. The van der Waals surface area contributed by atoms with E-state index in [4.69, 9.17) is 10.5 Å². The van der Waals surface area contributed by atoms with Gasteiger partial charge in [-0.3, -0.25) is 4.79 Å². The molecule has 0 spiro atoms. The fourth-order valence-corrected chi connectivity index (χ4v) is 3.32. The summed E-state index contributed by atoms with van der Waals surface area (Å²) in [5.74, 6) is 0.361. The van der Waals surface area contributed by atoms with Gasteiger partial charge in [-0.05, 0) is 42.3 Å². The maximum absolute atomic E-state index is 12.4. The minimum atomic E-state index is -3.59. The van der Waals surface area contributed by atoms with E-state index in [-0.39, 0.29) is 10.8 Å². The Balaban J connectivity index is 2.14. The predicted octanol–water partition coefficient (Wildman–Crippen LogP) is 2.46. The molecule has 140 valence electrons. The second-order valence-corrected chi connectivity index (χ2v) is 7.94. The number of nitrogens with two attached hydrogens (primary N) is 1. The van der Waals surface area contributed by atoms with Crippen LogP contribution in [0, 0.1) is 5.92 Å². The summed E-state index contributed by atoms with van der Waals surface area (Å²) in [6, 6.07) is 10.6. The molecule has 0 aliphatic carbocycles. The van der Waals surface area contributed by atoms with Crippen molar-refractivity contribution in [2.24, 2.45) is 5.92 Å². The highest BCUT2D eigenvalue weighted by Crippen LogP contribution is 2.25. The monoisotopic (exact) mass is 377 g/mol. The average Bonchev–Trinajstić information content (AvgIpc) is 2.62. The van der Waals surface area contributed by atoms with Crippen molar-refractivity contribution in [1.29, 1.82) is 0 Å². The largest absolute Gasteiger partial charge is 0.497 e. The molecule has 2 rings (SSSR count). The Morgan fingerprint density at radius 3 is 2.38 bits per heavy atom. The molecular weight excluding hydrogens is 354 g/mol. The zero-order valence-corrected chi connectivity index (χ0v) is 15.8. The summed E-state index contributed by atoms with van der Waals surface area (Å²) in [6.45, 7) is 4.18. The molecule has 26 heavy (non-hydrogen) atoms. The molecule has 0 bridgehead atoms. The molecule has 4 N–H and O–H groups in total. The number of methoxy groups -OCH3 is 1. The molecule has 0 radical (unpaired) electrons. The Kier molecular flexibility index (Phi) is 6.23. The van der Waals surface area contributed by atoms with Gasteiger partial charge in [0.05, 0.1) is 23.4 Å². The minimum absolute atomic E-state index is 0.107. The molecule has 0 aliphatic heterocycles. The summed E-state index contributed by atoms with van der Waals surface area (Å²) in [4.78, 5) is 12.5. The van der Waals surface area contributed by atoms with Crippen LogP contribution in [0.3, 0.4) is 0 Å². The van der Waals surface area contributed by atoms with Gasteiger partial charge in [0.1, 0.15) is 5.75 Å². The quantitative estimate of drug-likeness (QED) is 0.642. The summed E-state index contributed by atoms with van der Waals surface area (Å²) in [5.41, 5.74) is 6.99. The molecule has 2 aromatic rings. The van der Waals surface area contributed by atoms with Crippen LogP contribution in [0.4, 0.5) is 11.4 Å². The van der Waals surface area contributed by atoms with Gasteiger partial charge in [0.2, 0.25) is 10.0 Å². The van der Waals surface area contributed by atoms with E-state index in [0.29, 0.717) is 29.2 Å². The van der Waals surface area contributed by atoms with Crippen molar-refractivity contribution in [3.8, 4) is 5.75 Å². The number of carbonyl (C=O) groups excluding carboxylic acids is 1. The smallest absolute Gasteiger partial charge is 0.255 e. The fourth-order valence-electron chi connectivity index (χ4n) is 2.11. The van der Waals surface area contributed by atoms with E-state index in [1.54, 1.807) is 18.2 Å². The number of ether oxygens (including phenoxy) is 1. The molecule has 0 unspecified atom stereocenters. The van der Waals surface area contributed by atoms with Crippen molar-refractivity contribution in [2.45, 2.75) is 18.7 Å². The van der Waals surface area contributed by atoms with Crippen LogP contribution in [0.25, 0.3) is 0 Å². The van der Waals surface area contributed by atoms with Crippen molar-refractivity contribution in [1.82, 2.24) is 4.72 Å². The van der Waals surface area contributed by atoms with Gasteiger partial charge >= 0.3 is 0 Å². The van der Waals surface area contributed by atoms with Gasteiger partial charge < -0.3 is 15.8 Å². The number of hydrogen-bond donors (Lipinski definition) is 3. The number of amides is 1. The molecule has 0 saturated heterocycles. The van der Waals surface area contributed by atoms with Gasteiger partial charge in [0.15, 0.2) is 0 Å². The lowest BCUT2D eigenvalue weighted by molar-refractivity contribution is 0.102. The molecule has 0 aromatic heterocycles. The standard InChI is InChI=1S/C18H23N3O4S/c1-12(2)11-20-26(23,24)15-7-4-13(5-8-15)18(22)21-17-10-14(25-3)6-9-16(17)19/h4-10,12,20H,11,19H2,1-3H3,(H,21,22). The van der Waals surface area contributed by atoms with Gasteiger partial charge in [-0.25, -0.2) is 13.1 Å². The first-order valence-electron chi connectivity index (χ1n) is 8.07. The van der Waals surface area contributed by atoms with Gasteiger partial charge in [-0.1, -0.05) is 13.8 Å². The first-order chi connectivity index (χ1) is 12.2. The van der Waals surface area contributed by atoms with Crippen LogP contribution in [0.2, 0.25) is 0 Å². The highest BCUT2D eigenvalue weighted by Gasteiger charge is 2.15. The lowest BCUT2D eigenvalue weighted by Crippen LogP contribution is -2.27. The van der Waals surface area contributed by atoms with Crippen molar-refractivity contribution in [3.63, 3.8) is 0 Å². The van der Waals surface area contributed by atoms with Crippen LogP contribution in [0.15, 0.2) is 47.4 Å². The van der Waals surface area contributed by atoms with Crippen molar-refractivity contribution >= 4 is 27.3 Å². The van der Waals surface area contributed by atoms with Crippen molar-refractivity contribution in [3.05, 3.63) is 48.0 Å². The van der Waals surface area contributed by atoms with E-state index in [1.807, 2.05) is 13.8 Å². The highest BCUT2D eigenvalue weighted by molar-refractivity contribution is 7.89. The fraction of sp³-hybridized carbons (Fsp3) is 0.278. The number of benzene rings is 2. The number of hydrogen-bond acceptors (Lipinski definition) is 5. The maximum Gasteiger partial charge on any atom is 0.255 e. The van der Waals surface area contributed by atoms with Crippen molar-refractivity contribution in [2.75, 3.05) is 24.7 Å². The lowest BCUT2D eigenvalue weighted by Gasteiger charge is -2.11. The third-order valence-electron chi connectivity index (χ3n) is 3.62. The molecule has 0 heterocycles. The summed E-state index contributed by atoms with van der Waals surface area (Å²) < 4.78 is 32.0. The molecule has 2 aromatic carbocycles. The third-order valence-corrected chi connectivity index (χ3v) is 5.06. The van der Waals surface area contributed by atoms with Crippen LogP contribution >= 0.6 is 0 Å². The molecule has 7 nitrogen and oxygen atoms in total. The first-order valence-corrected chi connectivity index (χ1v) is 9.56. The number of sulfonamides is 1. The Morgan fingerprint density at radius 1 is 1.15 bits per heavy atom. The number of nitrogen functional groups attached to an aromatic ring is 1. The zero-order valence-electron chi connectivity index (χ0n) is 14.9. The van der Waals surface area contributed by atoms with Crippen LogP contribution < -0.4 is 20.5 Å². The van der Waals surface area contributed by atoms with Crippen LogP contribution in [0.5, 0.6) is 5.75 Å². The Bertz CT molecular complexity index is 878. The van der Waals surface area contributed by atoms with Crippen LogP contribution in [-0.2, 0) is 10.0 Å². The normalized spacial score (nSPS) is 11.4. The van der Waals surface area contributed by atoms with Crippen LogP contribution in [0.1, 0.15) is 24.2 Å². The average molecular weight is 377 g/mol. The van der Waals surface area contributed by atoms with E-state index in [1.165, 1.54) is 31.4 Å². The second-order valence-electron chi connectivity index (χ2n) is 6.18. The molecule has 0 atom stereocenters. The Morgan fingerprint density at radius 2 is 1.81 bits per heavy atom. The van der Waals surface area contributed by atoms with Gasteiger partial charge in [0, 0.05) is 18.2 Å². The van der Waals surface area contributed by atoms with E-state index < -0.39 is 15.9 Å². The molecule has 0 saturated carbocycles. The van der Waals surface area contributed by atoms with E-state index >= 15 is 0 Å². The third kappa shape index (κ3) is 4.96. The topological polar surface area (TPSA) is 111 Å². The molecular formula is C18H23N3O4S. The van der Waals surface area contributed by atoms with Gasteiger partial charge in [-0.15, -0.1) is 0 Å². The number of rotatable bonds is 7. The summed E-state index contributed by atoms with van der Waals surface area (Å²) in [5, 5.41) is 2.69. The molecule has 8 heteroatoms. The van der Waals surface area contributed by atoms with E-state index in [0.717, 1.165) is 0 Å². The second kappa shape index (κ2) is 8.20. The first kappa shape index (κ1) is 19.7. The number of carbonyl (C=O) groups is 1. The maximum atomic E-state index is 12.4. The predicted molar refractivity (Wildman–Crippen MR) is 102 cm³/mol. The highest BCUT2D eigenvalue weighted by atomic mass is 32.2. The molecule has 0 aliphatic rings. The SMILES string of the molecule is COc1ccc(N)c(NC(=O)c2ccc(S(=O)(=O)NCC(C)C)cc2)c1. The Labute approximate surface area is 153 Å². The van der Waals surface area contributed by atoms with E-state index in [2.05, 4.69) is 10.0 Å². The molecule has 1 amide bonds. The lowest BCUT2D eigenvalue weighted by atomic mass is 10.2. The van der Waals surface area contributed by atoms with Crippen LogP contribution in [-0.4, -0.2) is 28.0 Å². The van der Waals surface area contributed by atoms with Gasteiger partial charge in [0.25, 0.3) is 5.91 Å². The molecule has 0 fully saturated rings. The number of anilines is 2.